The highest BCUT2D eigenvalue weighted by atomic mass is 16.5. The number of carbonyl (C=O) groups is 1. The van der Waals surface area contributed by atoms with E-state index in [1.807, 2.05) is 12.1 Å². The van der Waals surface area contributed by atoms with Gasteiger partial charge in [-0.3, -0.25) is 4.79 Å². The van der Waals surface area contributed by atoms with E-state index in [9.17, 15) is 4.79 Å². The van der Waals surface area contributed by atoms with Gasteiger partial charge in [0.15, 0.2) is 18.0 Å². The van der Waals surface area contributed by atoms with Crippen molar-refractivity contribution < 1.29 is 13.9 Å². The Morgan fingerprint density at radius 3 is 2.96 bits per heavy atom. The lowest BCUT2D eigenvalue weighted by atomic mass is 9.93. The summed E-state index contributed by atoms with van der Waals surface area (Å²) in [4.78, 5) is 20.6. The zero-order valence-corrected chi connectivity index (χ0v) is 13.9. The molecule has 0 atom stereocenters. The molecule has 0 saturated heterocycles. The summed E-state index contributed by atoms with van der Waals surface area (Å²) in [7, 11) is 0. The van der Waals surface area contributed by atoms with Gasteiger partial charge in [-0.15, -0.1) is 0 Å². The number of aromatic nitrogens is 2. The van der Waals surface area contributed by atoms with Gasteiger partial charge >= 0.3 is 0 Å². The molecule has 8 heteroatoms. The molecule has 0 radical (unpaired) electrons. The van der Waals surface area contributed by atoms with Crippen LogP contribution in [0.4, 0.5) is 23.1 Å². The van der Waals surface area contributed by atoms with E-state index in [0.29, 0.717) is 34.8 Å². The molecule has 2 aliphatic rings. The molecule has 1 aromatic carbocycles. The Morgan fingerprint density at radius 2 is 2.12 bits per heavy atom. The van der Waals surface area contributed by atoms with Crippen molar-refractivity contribution in [1.29, 1.82) is 0 Å². The number of nitrogens with one attached hydrogen (secondary N) is 3. The van der Waals surface area contributed by atoms with Crippen LogP contribution in [-0.2, 0) is 4.79 Å². The van der Waals surface area contributed by atoms with Crippen molar-refractivity contribution in [2.45, 2.75) is 25.3 Å². The number of nitrogens with zero attached hydrogens (tertiary/aromatic N) is 2. The molecular weight excluding hydrogens is 334 g/mol. The maximum Gasteiger partial charge on any atom is 0.262 e. The number of furan rings is 1. The number of amides is 1. The molecule has 1 saturated carbocycles. The molecule has 1 fully saturated rings. The normalized spacial score (nSPS) is 16.4. The van der Waals surface area contributed by atoms with Crippen LogP contribution < -0.4 is 20.7 Å². The zero-order valence-electron chi connectivity index (χ0n) is 13.9. The van der Waals surface area contributed by atoms with E-state index < -0.39 is 0 Å². The summed E-state index contributed by atoms with van der Waals surface area (Å²) in [5.41, 5.74) is 2.78. The molecule has 0 spiro atoms. The Hall–Kier alpha value is -3.29. The predicted octanol–water partition coefficient (Wildman–Crippen LogP) is 3.26. The largest absolute Gasteiger partial charge is 0.482 e. The average Bonchev–Trinajstić information content (AvgIpc) is 3.06. The zero-order chi connectivity index (χ0) is 17.5. The maximum absolute atomic E-state index is 11.5. The van der Waals surface area contributed by atoms with Crippen LogP contribution in [0.1, 0.15) is 19.3 Å². The number of rotatable bonds is 4. The van der Waals surface area contributed by atoms with Crippen LogP contribution in [0.2, 0.25) is 0 Å². The molecular formula is C18H17N5O3. The van der Waals surface area contributed by atoms with Crippen LogP contribution in [-0.4, -0.2) is 28.5 Å². The molecule has 0 unspecified atom stereocenters. The van der Waals surface area contributed by atoms with E-state index in [2.05, 4.69) is 25.9 Å². The van der Waals surface area contributed by atoms with Gasteiger partial charge in [0.05, 0.1) is 12.0 Å². The first kappa shape index (κ1) is 15.0. The van der Waals surface area contributed by atoms with Crippen LogP contribution in [0.3, 0.4) is 0 Å². The van der Waals surface area contributed by atoms with Crippen molar-refractivity contribution in [3.63, 3.8) is 0 Å². The number of hydrogen-bond acceptors (Lipinski definition) is 7. The maximum atomic E-state index is 11.5. The van der Waals surface area contributed by atoms with E-state index in [0.717, 1.165) is 24.0 Å². The lowest BCUT2D eigenvalue weighted by Crippen LogP contribution is -2.27. The first-order valence-electron chi connectivity index (χ1n) is 8.60. The summed E-state index contributed by atoms with van der Waals surface area (Å²) in [5.74, 6) is 1.64. The van der Waals surface area contributed by atoms with Gasteiger partial charge in [0.1, 0.15) is 11.3 Å². The Balaban J connectivity index is 1.45. The van der Waals surface area contributed by atoms with Gasteiger partial charge in [0, 0.05) is 17.8 Å². The molecule has 8 nitrogen and oxygen atoms in total. The van der Waals surface area contributed by atoms with E-state index in [1.54, 1.807) is 18.4 Å². The SMILES string of the molecule is O=C1COc2ccc(Nc3nc(NC4CCC4)c4occc4n3)cc2N1. The summed E-state index contributed by atoms with van der Waals surface area (Å²) in [6, 6.07) is 7.71. The van der Waals surface area contributed by atoms with E-state index in [1.165, 1.54) is 6.42 Å². The standard InChI is InChI=1S/C18H17N5O3/c24-15-9-26-14-5-4-11(8-13(14)21-15)20-18-22-12-6-7-25-16(12)17(23-18)19-10-2-1-3-10/h4-8,10H,1-3,9H2,(H,21,24)(H2,19,20,22,23). The fourth-order valence-electron chi connectivity index (χ4n) is 3.05. The van der Waals surface area contributed by atoms with Gasteiger partial charge in [-0.25, -0.2) is 4.98 Å². The molecule has 1 aliphatic heterocycles. The highest BCUT2D eigenvalue weighted by molar-refractivity contribution is 5.96. The van der Waals surface area contributed by atoms with Crippen molar-refractivity contribution in [1.82, 2.24) is 9.97 Å². The summed E-state index contributed by atoms with van der Waals surface area (Å²) in [6.45, 7) is 0.0379. The van der Waals surface area contributed by atoms with E-state index in [-0.39, 0.29) is 12.5 Å². The quantitative estimate of drug-likeness (QED) is 0.663. The van der Waals surface area contributed by atoms with Crippen LogP contribution in [0.5, 0.6) is 5.75 Å². The molecule has 132 valence electrons. The topological polar surface area (TPSA) is 101 Å². The summed E-state index contributed by atoms with van der Waals surface area (Å²) in [6.07, 6.45) is 5.12. The van der Waals surface area contributed by atoms with E-state index >= 15 is 0 Å². The molecule has 1 amide bonds. The average molecular weight is 351 g/mol. The Morgan fingerprint density at radius 1 is 1.19 bits per heavy atom. The van der Waals surface area contributed by atoms with Gasteiger partial charge in [-0.2, -0.15) is 4.98 Å². The first-order chi connectivity index (χ1) is 12.7. The molecule has 5 rings (SSSR count). The third-order valence-electron chi connectivity index (χ3n) is 4.62. The van der Waals surface area contributed by atoms with Gasteiger partial charge in [0.2, 0.25) is 5.95 Å². The van der Waals surface area contributed by atoms with Crippen LogP contribution in [0, 0.1) is 0 Å². The van der Waals surface area contributed by atoms with Gasteiger partial charge < -0.3 is 25.1 Å². The minimum absolute atomic E-state index is 0.0379. The summed E-state index contributed by atoms with van der Waals surface area (Å²) >= 11 is 0. The molecule has 0 bridgehead atoms. The number of ether oxygens (including phenoxy) is 1. The minimum atomic E-state index is -0.169. The fraction of sp³-hybridized carbons (Fsp3) is 0.278. The van der Waals surface area contributed by atoms with Gasteiger partial charge in [-0.05, 0) is 37.5 Å². The van der Waals surface area contributed by atoms with Crippen molar-refractivity contribution in [3.05, 3.63) is 30.5 Å². The molecule has 1 aliphatic carbocycles. The highest BCUT2D eigenvalue weighted by Gasteiger charge is 2.21. The third kappa shape index (κ3) is 2.69. The number of carbonyl (C=O) groups excluding carboxylic acids is 1. The molecule has 26 heavy (non-hydrogen) atoms. The Labute approximate surface area is 149 Å². The molecule has 3 heterocycles. The van der Waals surface area contributed by atoms with Crippen LogP contribution in [0.25, 0.3) is 11.1 Å². The predicted molar refractivity (Wildman–Crippen MR) is 96.9 cm³/mol. The third-order valence-corrected chi connectivity index (χ3v) is 4.62. The number of anilines is 4. The van der Waals surface area contributed by atoms with Crippen molar-refractivity contribution >= 4 is 40.1 Å². The lowest BCUT2D eigenvalue weighted by Gasteiger charge is -2.26. The molecule has 3 aromatic rings. The van der Waals surface area contributed by atoms with Crippen LogP contribution >= 0.6 is 0 Å². The second-order valence-electron chi connectivity index (χ2n) is 6.48. The van der Waals surface area contributed by atoms with Crippen molar-refractivity contribution in [2.24, 2.45) is 0 Å². The number of hydrogen-bond donors (Lipinski definition) is 3. The highest BCUT2D eigenvalue weighted by Crippen LogP contribution is 2.32. The van der Waals surface area contributed by atoms with Crippen LogP contribution in [0.15, 0.2) is 34.9 Å². The summed E-state index contributed by atoms with van der Waals surface area (Å²) < 4.78 is 10.9. The molecule has 2 aromatic heterocycles. The van der Waals surface area contributed by atoms with Crippen molar-refractivity contribution in [3.8, 4) is 5.75 Å². The van der Waals surface area contributed by atoms with Crippen molar-refractivity contribution in [2.75, 3.05) is 22.6 Å². The summed E-state index contributed by atoms with van der Waals surface area (Å²) in [5, 5.41) is 9.41. The smallest absolute Gasteiger partial charge is 0.262 e. The second kappa shape index (κ2) is 5.91. The van der Waals surface area contributed by atoms with E-state index in [4.69, 9.17) is 9.15 Å². The molecule has 3 N–H and O–H groups in total. The number of benzene rings is 1. The number of fused-ring (bicyclic) bond motifs is 2. The Bertz CT molecular complexity index is 996. The first-order valence-corrected chi connectivity index (χ1v) is 8.60. The van der Waals surface area contributed by atoms with Gasteiger partial charge in [-0.1, -0.05) is 0 Å². The van der Waals surface area contributed by atoms with Gasteiger partial charge in [0.25, 0.3) is 5.91 Å². The monoisotopic (exact) mass is 351 g/mol. The lowest BCUT2D eigenvalue weighted by molar-refractivity contribution is -0.118. The second-order valence-corrected chi connectivity index (χ2v) is 6.48. The Kier molecular flexibility index (Phi) is 3.41. The fourth-order valence-corrected chi connectivity index (χ4v) is 3.05. The minimum Gasteiger partial charge on any atom is -0.482 e.